The summed E-state index contributed by atoms with van der Waals surface area (Å²) in [7, 11) is 0. The summed E-state index contributed by atoms with van der Waals surface area (Å²) in [6, 6.07) is 84.3. The molecule has 0 fully saturated rings. The predicted octanol–water partition coefficient (Wildman–Crippen LogP) is 17.4. The normalized spacial score (nSPS) is 16.6. The fraction of sp³-hybridized carbons (Fsp3) is 0.108. The van der Waals surface area contributed by atoms with Gasteiger partial charge < -0.3 is 4.90 Å². The van der Waals surface area contributed by atoms with Gasteiger partial charge in [0.15, 0.2) is 0 Å². The van der Waals surface area contributed by atoms with Crippen LogP contribution in [0.3, 0.4) is 0 Å². The minimum Gasteiger partial charge on any atom is -0.310 e. The molecule has 0 saturated heterocycles. The van der Waals surface area contributed by atoms with E-state index in [1.165, 1.54) is 98.5 Å². The molecule has 0 N–H and O–H groups in total. The zero-order valence-corrected chi connectivity index (χ0v) is 39.0. The highest BCUT2D eigenvalue weighted by Crippen LogP contribution is 2.63. The summed E-state index contributed by atoms with van der Waals surface area (Å²) in [6.45, 7) is 9.58. The number of anilines is 3. The van der Waals surface area contributed by atoms with Crippen LogP contribution in [-0.4, -0.2) is 0 Å². The van der Waals surface area contributed by atoms with Crippen LogP contribution in [0.25, 0.3) is 44.2 Å². The van der Waals surface area contributed by atoms with Gasteiger partial charge in [-0.05, 0) is 131 Å². The summed E-state index contributed by atoms with van der Waals surface area (Å²) in [5, 5.41) is 2.62. The van der Waals surface area contributed by atoms with E-state index in [1.54, 1.807) is 0 Å². The molecule has 0 radical (unpaired) electrons. The molecule has 0 aromatic heterocycles. The maximum atomic E-state index is 2.45. The lowest BCUT2D eigenvalue weighted by Crippen LogP contribution is -2.43. The van der Waals surface area contributed by atoms with E-state index in [1.807, 2.05) is 11.8 Å². The molecule has 0 bridgehead atoms. The molecule has 0 amide bonds. The van der Waals surface area contributed by atoms with Gasteiger partial charge in [-0.1, -0.05) is 221 Å². The van der Waals surface area contributed by atoms with Crippen molar-refractivity contribution in [3.63, 3.8) is 0 Å². The lowest BCUT2D eigenvalue weighted by molar-refractivity contribution is 0.554. The van der Waals surface area contributed by atoms with Crippen molar-refractivity contribution >= 4 is 39.6 Å². The van der Waals surface area contributed by atoms with Crippen molar-refractivity contribution in [1.82, 2.24) is 0 Å². The third-order valence-corrected chi connectivity index (χ3v) is 16.6. The fourth-order valence-electron chi connectivity index (χ4n) is 12.3. The molecule has 10 aromatic carbocycles. The summed E-state index contributed by atoms with van der Waals surface area (Å²) in [4.78, 5) is 5.05. The molecule has 67 heavy (non-hydrogen) atoms. The summed E-state index contributed by atoms with van der Waals surface area (Å²) in [5.41, 5.74) is 21.1. The Bertz CT molecular complexity index is 3600. The highest BCUT2D eigenvalue weighted by atomic mass is 32.2. The van der Waals surface area contributed by atoms with Crippen molar-refractivity contribution < 1.29 is 0 Å². The molecule has 2 aliphatic carbocycles. The summed E-state index contributed by atoms with van der Waals surface area (Å²) < 4.78 is 0. The molecule has 10 aromatic rings. The zero-order chi connectivity index (χ0) is 45.1. The van der Waals surface area contributed by atoms with Crippen LogP contribution in [0.4, 0.5) is 17.1 Å². The lowest BCUT2D eigenvalue weighted by Gasteiger charge is -2.51. The Kier molecular flexibility index (Phi) is 8.83. The molecular weight excluding hydrogens is 827 g/mol. The first-order valence-electron chi connectivity index (χ1n) is 23.6. The molecule has 1 heterocycles. The molecule has 1 nitrogen and oxygen atoms in total. The van der Waals surface area contributed by atoms with Crippen molar-refractivity contribution in [2.75, 3.05) is 4.90 Å². The first-order valence-corrected chi connectivity index (χ1v) is 24.4. The predicted molar refractivity (Wildman–Crippen MR) is 282 cm³/mol. The Balaban J connectivity index is 0.980. The molecular formula is C65H49NS. The van der Waals surface area contributed by atoms with Gasteiger partial charge in [-0.2, -0.15) is 0 Å². The maximum Gasteiger partial charge on any atom is 0.0729 e. The maximum absolute atomic E-state index is 2.45. The summed E-state index contributed by atoms with van der Waals surface area (Å²) in [6.07, 6.45) is 0. The van der Waals surface area contributed by atoms with Crippen LogP contribution in [0.5, 0.6) is 0 Å². The van der Waals surface area contributed by atoms with Gasteiger partial charge in [-0.15, -0.1) is 0 Å². The van der Waals surface area contributed by atoms with E-state index in [9.17, 15) is 0 Å². The summed E-state index contributed by atoms with van der Waals surface area (Å²) in [5.74, 6) is 0. The van der Waals surface area contributed by atoms with Gasteiger partial charge in [0, 0.05) is 37.7 Å². The number of hydrogen-bond donors (Lipinski definition) is 0. The van der Waals surface area contributed by atoms with Gasteiger partial charge in [0.2, 0.25) is 0 Å². The van der Waals surface area contributed by atoms with Crippen LogP contribution in [-0.2, 0) is 16.2 Å². The van der Waals surface area contributed by atoms with Gasteiger partial charge in [0.1, 0.15) is 0 Å². The Morgan fingerprint density at radius 2 is 0.910 bits per heavy atom. The van der Waals surface area contributed by atoms with Crippen LogP contribution >= 0.6 is 11.8 Å². The topological polar surface area (TPSA) is 3.24 Å². The molecule has 1 unspecified atom stereocenters. The van der Waals surface area contributed by atoms with Crippen molar-refractivity contribution in [3.8, 4) is 33.4 Å². The van der Waals surface area contributed by atoms with Gasteiger partial charge >= 0.3 is 0 Å². The molecule has 3 aliphatic rings. The van der Waals surface area contributed by atoms with E-state index in [4.69, 9.17) is 0 Å². The van der Waals surface area contributed by atoms with Crippen molar-refractivity contribution in [2.45, 2.75) is 53.7 Å². The van der Waals surface area contributed by atoms with Crippen LogP contribution in [0, 0.1) is 0 Å². The molecule has 0 saturated carbocycles. The van der Waals surface area contributed by atoms with E-state index >= 15 is 0 Å². The first kappa shape index (κ1) is 39.9. The van der Waals surface area contributed by atoms with Crippen molar-refractivity contribution in [3.05, 3.63) is 269 Å². The van der Waals surface area contributed by atoms with Crippen LogP contribution in [0.15, 0.2) is 234 Å². The van der Waals surface area contributed by atoms with Crippen molar-refractivity contribution in [1.29, 1.82) is 0 Å². The second-order valence-electron chi connectivity index (χ2n) is 19.6. The van der Waals surface area contributed by atoms with Gasteiger partial charge in [-0.3, -0.25) is 0 Å². The molecule has 320 valence electrons. The fourth-order valence-corrected chi connectivity index (χ4v) is 13.6. The third-order valence-electron chi connectivity index (χ3n) is 15.4. The summed E-state index contributed by atoms with van der Waals surface area (Å²) >= 11 is 1.92. The Morgan fingerprint density at radius 1 is 0.343 bits per heavy atom. The zero-order valence-electron chi connectivity index (χ0n) is 38.2. The SMILES string of the molecule is CC1(C)c2ccccc2-c2ccc(N(c3ccc(-c4ccccc4)cc3)c3ccc(-c4cccc5c4Sc4ccccc4C54c5ccccc5C(C)(C)c5c4ccc4ccccc54)cc3)cc21. The van der Waals surface area contributed by atoms with Gasteiger partial charge in [0.05, 0.1) is 5.41 Å². The monoisotopic (exact) mass is 875 g/mol. The average molecular weight is 876 g/mol. The highest BCUT2D eigenvalue weighted by Gasteiger charge is 2.53. The molecule has 13 rings (SSSR count). The molecule has 2 heteroatoms. The number of nitrogens with zero attached hydrogens (tertiary/aromatic N) is 1. The standard InChI is InChI=1S/C65H49NS/c1-63(2)53-23-11-10-21-51(53)52-39-38-48(41-59(52)63)66(46-34-29-43(30-35-46)42-17-6-5-7-18-42)47-36-31-45(32-37-47)50-22-16-27-58-62(50)67-60-28-15-14-26-56(60)65(58)55-25-13-12-24-54(55)64(3,4)61-49-20-9-8-19-44(49)33-40-57(61)65/h5-41H,1-4H3. The number of benzene rings is 10. The van der Waals surface area contributed by atoms with E-state index in [2.05, 4.69) is 257 Å². The second-order valence-corrected chi connectivity index (χ2v) is 20.7. The minimum atomic E-state index is -0.512. The number of hydrogen-bond acceptors (Lipinski definition) is 2. The molecule has 1 atom stereocenters. The highest BCUT2D eigenvalue weighted by molar-refractivity contribution is 7.99. The van der Waals surface area contributed by atoms with Crippen LogP contribution in [0.1, 0.15) is 72.2 Å². The second kappa shape index (κ2) is 14.8. The largest absolute Gasteiger partial charge is 0.310 e. The molecule has 1 aliphatic heterocycles. The van der Waals surface area contributed by atoms with E-state index in [0.717, 1.165) is 17.1 Å². The average Bonchev–Trinajstić information content (AvgIpc) is 3.60. The Hall–Kier alpha value is -7.39. The van der Waals surface area contributed by atoms with E-state index in [-0.39, 0.29) is 10.8 Å². The first-order chi connectivity index (χ1) is 32.7. The van der Waals surface area contributed by atoms with Crippen molar-refractivity contribution in [2.24, 2.45) is 0 Å². The number of fused-ring (bicyclic) bond motifs is 13. The molecule has 1 spiro atoms. The van der Waals surface area contributed by atoms with Crippen LogP contribution < -0.4 is 4.90 Å². The third kappa shape index (κ3) is 5.76. The smallest absolute Gasteiger partial charge is 0.0729 e. The minimum absolute atomic E-state index is 0.114. The number of rotatable bonds is 5. The van der Waals surface area contributed by atoms with Crippen LogP contribution in [0.2, 0.25) is 0 Å². The van der Waals surface area contributed by atoms with Gasteiger partial charge in [0.25, 0.3) is 0 Å². The van der Waals surface area contributed by atoms with Gasteiger partial charge in [-0.25, -0.2) is 0 Å². The quantitative estimate of drug-likeness (QED) is 0.169. The van der Waals surface area contributed by atoms with E-state index in [0.29, 0.717) is 0 Å². The lowest BCUT2D eigenvalue weighted by atomic mass is 9.53. The Morgan fingerprint density at radius 3 is 1.69 bits per heavy atom. The van der Waals surface area contributed by atoms with E-state index < -0.39 is 5.41 Å². The Labute approximate surface area is 398 Å².